The molecule has 1 amide bonds. The van der Waals surface area contributed by atoms with E-state index in [2.05, 4.69) is 25.6 Å². The number of anilines is 1. The average molecular weight is 312 g/mol. The number of carboxylic acid groups (broad SMARTS) is 1. The molecule has 1 aromatic carbocycles. The summed E-state index contributed by atoms with van der Waals surface area (Å²) in [5, 5.41) is 22.0. The Morgan fingerprint density at radius 1 is 1.38 bits per heavy atom. The number of benzene rings is 1. The minimum Gasteiger partial charge on any atom is -0.480 e. The van der Waals surface area contributed by atoms with Gasteiger partial charge in [-0.3, -0.25) is 4.79 Å². The lowest BCUT2D eigenvalue weighted by Crippen LogP contribution is -2.21. The molecule has 9 nitrogen and oxygen atoms in total. The Morgan fingerprint density at radius 3 is 2.86 bits per heavy atom. The maximum Gasteiger partial charge on any atom is 0.329 e. The van der Waals surface area contributed by atoms with Gasteiger partial charge in [-0.2, -0.15) is 0 Å². The van der Waals surface area contributed by atoms with Crippen LogP contribution in [0.5, 0.6) is 0 Å². The van der Waals surface area contributed by atoms with E-state index < -0.39 is 25.1 Å². The molecule has 110 valence electrons. The van der Waals surface area contributed by atoms with Crippen LogP contribution in [0, 0.1) is 0 Å². The molecule has 0 bridgehead atoms. The first kappa shape index (κ1) is 14.9. The fourth-order valence-corrected chi connectivity index (χ4v) is 1.61. The largest absolute Gasteiger partial charge is 0.480 e. The maximum atomic E-state index is 11.6. The van der Waals surface area contributed by atoms with Gasteiger partial charge in [-0.25, -0.2) is 9.48 Å². The van der Waals surface area contributed by atoms with Gasteiger partial charge in [0.05, 0.1) is 16.4 Å². The van der Waals surface area contributed by atoms with Crippen LogP contribution in [0.4, 0.5) is 5.69 Å². The summed E-state index contributed by atoms with van der Waals surface area (Å²) < 4.78 is 6.07. The number of halogens is 1. The Hall–Kier alpha value is -2.52. The lowest BCUT2D eigenvalue weighted by Gasteiger charge is -2.09. The van der Waals surface area contributed by atoms with E-state index in [-0.39, 0.29) is 0 Å². The number of tetrazole rings is 1. The predicted octanol–water partition coefficient (Wildman–Crippen LogP) is 0.355. The second kappa shape index (κ2) is 6.77. The highest BCUT2D eigenvalue weighted by Gasteiger charge is 2.09. The number of carboxylic acids is 1. The zero-order valence-electron chi connectivity index (χ0n) is 10.6. The number of rotatable bonds is 6. The van der Waals surface area contributed by atoms with Crippen LogP contribution in [0.25, 0.3) is 5.69 Å². The highest BCUT2D eigenvalue weighted by molar-refractivity contribution is 6.33. The molecule has 0 saturated heterocycles. The number of hydrogen-bond acceptors (Lipinski definition) is 6. The highest BCUT2D eigenvalue weighted by Crippen LogP contribution is 2.24. The van der Waals surface area contributed by atoms with Gasteiger partial charge in [0.2, 0.25) is 5.91 Å². The summed E-state index contributed by atoms with van der Waals surface area (Å²) >= 11 is 5.98. The van der Waals surface area contributed by atoms with Crippen LogP contribution in [-0.2, 0) is 14.3 Å². The molecular weight excluding hydrogens is 302 g/mol. The molecular formula is C11H10ClN5O4. The number of carbonyl (C=O) groups excluding carboxylic acids is 1. The van der Waals surface area contributed by atoms with Gasteiger partial charge in [-0.15, -0.1) is 5.10 Å². The Kier molecular flexibility index (Phi) is 4.80. The highest BCUT2D eigenvalue weighted by atomic mass is 35.5. The van der Waals surface area contributed by atoms with Crippen molar-refractivity contribution in [3.63, 3.8) is 0 Å². The molecule has 0 aliphatic rings. The fraction of sp³-hybridized carbons (Fsp3) is 0.182. The summed E-state index contributed by atoms with van der Waals surface area (Å²) in [7, 11) is 0. The van der Waals surface area contributed by atoms with Crippen LogP contribution in [0.15, 0.2) is 24.5 Å². The van der Waals surface area contributed by atoms with E-state index in [4.69, 9.17) is 16.7 Å². The number of amides is 1. The molecule has 0 fully saturated rings. The summed E-state index contributed by atoms with van der Waals surface area (Å²) in [6, 6.07) is 4.83. The molecule has 2 aromatic rings. The minimum absolute atomic E-state index is 0.318. The molecule has 0 aliphatic carbocycles. The summed E-state index contributed by atoms with van der Waals surface area (Å²) in [4.78, 5) is 21.9. The molecule has 0 unspecified atom stereocenters. The van der Waals surface area contributed by atoms with Gasteiger partial charge in [0, 0.05) is 0 Å². The normalized spacial score (nSPS) is 10.3. The predicted molar refractivity (Wildman–Crippen MR) is 71.2 cm³/mol. The van der Waals surface area contributed by atoms with Crippen LogP contribution < -0.4 is 5.32 Å². The number of nitrogens with one attached hydrogen (secondary N) is 1. The van der Waals surface area contributed by atoms with Gasteiger partial charge in [0.25, 0.3) is 0 Å². The third-order valence-electron chi connectivity index (χ3n) is 2.30. The third kappa shape index (κ3) is 4.23. The Morgan fingerprint density at radius 2 is 2.19 bits per heavy atom. The molecule has 10 heteroatoms. The first-order valence-electron chi connectivity index (χ1n) is 5.68. The SMILES string of the molecule is O=C(O)COCC(=O)Nc1cc(-n2cnnn2)ccc1Cl. The van der Waals surface area contributed by atoms with Crippen molar-refractivity contribution in [2.75, 3.05) is 18.5 Å². The van der Waals surface area contributed by atoms with Crippen LogP contribution in [0.1, 0.15) is 0 Å². The lowest BCUT2D eigenvalue weighted by molar-refractivity contribution is -0.143. The summed E-state index contributed by atoms with van der Waals surface area (Å²) in [5.41, 5.74) is 0.944. The monoisotopic (exact) mass is 311 g/mol. The third-order valence-corrected chi connectivity index (χ3v) is 2.63. The second-order valence-electron chi connectivity index (χ2n) is 3.85. The van der Waals surface area contributed by atoms with Crippen molar-refractivity contribution < 1.29 is 19.4 Å². The van der Waals surface area contributed by atoms with Gasteiger partial charge in [-0.05, 0) is 28.6 Å². The van der Waals surface area contributed by atoms with Gasteiger partial charge in [0.15, 0.2) is 0 Å². The summed E-state index contributed by atoms with van der Waals surface area (Å²) in [6.45, 7) is -0.941. The van der Waals surface area contributed by atoms with Crippen LogP contribution >= 0.6 is 11.6 Å². The van der Waals surface area contributed by atoms with E-state index in [0.29, 0.717) is 16.4 Å². The zero-order valence-corrected chi connectivity index (χ0v) is 11.3. The average Bonchev–Trinajstić information content (AvgIpc) is 2.95. The minimum atomic E-state index is -1.15. The smallest absolute Gasteiger partial charge is 0.329 e. The van der Waals surface area contributed by atoms with Gasteiger partial charge >= 0.3 is 5.97 Å². The molecule has 1 aromatic heterocycles. The van der Waals surface area contributed by atoms with E-state index in [0.717, 1.165) is 0 Å². The molecule has 0 aliphatic heterocycles. The maximum absolute atomic E-state index is 11.6. The van der Waals surface area contributed by atoms with Crippen LogP contribution in [-0.4, -0.2) is 50.4 Å². The van der Waals surface area contributed by atoms with Crippen molar-refractivity contribution in [1.82, 2.24) is 20.2 Å². The molecule has 1 heterocycles. The molecule has 0 saturated carbocycles. The van der Waals surface area contributed by atoms with E-state index in [1.807, 2.05) is 0 Å². The Balaban J connectivity index is 2.04. The summed E-state index contributed by atoms with van der Waals surface area (Å²) in [6.07, 6.45) is 1.39. The summed E-state index contributed by atoms with van der Waals surface area (Å²) in [5.74, 6) is -1.67. The van der Waals surface area contributed by atoms with Crippen molar-refractivity contribution in [2.45, 2.75) is 0 Å². The zero-order chi connectivity index (χ0) is 15.2. The first-order valence-corrected chi connectivity index (χ1v) is 6.06. The second-order valence-corrected chi connectivity index (χ2v) is 4.26. The first-order chi connectivity index (χ1) is 10.1. The quantitative estimate of drug-likeness (QED) is 0.790. The molecule has 0 spiro atoms. The van der Waals surface area contributed by atoms with Gasteiger partial charge < -0.3 is 15.2 Å². The standard InChI is InChI=1S/C11H10ClN5O4/c12-8-2-1-7(17-6-13-15-16-17)3-9(8)14-10(18)4-21-5-11(19)20/h1-3,6H,4-5H2,(H,14,18)(H,19,20). The van der Waals surface area contributed by atoms with Crippen LogP contribution in [0.3, 0.4) is 0 Å². The topological polar surface area (TPSA) is 119 Å². The number of aliphatic carboxylic acids is 1. The molecule has 0 atom stereocenters. The number of ether oxygens (including phenoxy) is 1. The molecule has 2 rings (SSSR count). The molecule has 2 N–H and O–H groups in total. The van der Waals surface area contributed by atoms with E-state index in [1.54, 1.807) is 18.2 Å². The van der Waals surface area contributed by atoms with Crippen molar-refractivity contribution in [1.29, 1.82) is 0 Å². The number of aromatic nitrogens is 4. The molecule has 21 heavy (non-hydrogen) atoms. The van der Waals surface area contributed by atoms with Crippen molar-refractivity contribution >= 4 is 29.2 Å². The fourth-order valence-electron chi connectivity index (χ4n) is 1.45. The Labute approximate surface area is 123 Å². The van der Waals surface area contributed by atoms with Crippen molar-refractivity contribution in [3.8, 4) is 5.69 Å². The van der Waals surface area contributed by atoms with Crippen LogP contribution in [0.2, 0.25) is 5.02 Å². The molecule has 0 radical (unpaired) electrons. The van der Waals surface area contributed by atoms with E-state index in [1.165, 1.54) is 11.0 Å². The number of nitrogens with zero attached hydrogens (tertiary/aromatic N) is 4. The number of carbonyl (C=O) groups is 2. The lowest BCUT2D eigenvalue weighted by atomic mass is 10.2. The van der Waals surface area contributed by atoms with Crippen molar-refractivity contribution in [2.24, 2.45) is 0 Å². The van der Waals surface area contributed by atoms with Crippen molar-refractivity contribution in [3.05, 3.63) is 29.5 Å². The number of hydrogen-bond donors (Lipinski definition) is 2. The van der Waals surface area contributed by atoms with E-state index in [9.17, 15) is 9.59 Å². The Bertz CT molecular complexity index is 646. The van der Waals surface area contributed by atoms with Gasteiger partial charge in [0.1, 0.15) is 19.5 Å². The van der Waals surface area contributed by atoms with Gasteiger partial charge in [-0.1, -0.05) is 11.6 Å². The van der Waals surface area contributed by atoms with E-state index >= 15 is 0 Å².